The lowest BCUT2D eigenvalue weighted by Crippen LogP contribution is -2.44. The number of ketones is 2. The number of benzene rings is 3. The first-order valence-electron chi connectivity index (χ1n) is 20.2. The number of carbonyl (C=O) groups is 5. The molecule has 0 saturated heterocycles. The number of non-ortho nitro benzene ring substituents is 1. The molecule has 3 aromatic carbocycles. The van der Waals surface area contributed by atoms with E-state index in [2.05, 4.69) is 21.3 Å². The fraction of sp³-hybridized carbons (Fsp3) is 0.500. The molecule has 3 rings (SSSR count). The van der Waals surface area contributed by atoms with Crippen LogP contribution in [0.15, 0.2) is 60.7 Å². The van der Waals surface area contributed by atoms with Crippen molar-refractivity contribution >= 4 is 57.1 Å². The van der Waals surface area contributed by atoms with E-state index in [4.69, 9.17) is 19.9 Å². The number of nitro groups is 2. The van der Waals surface area contributed by atoms with Gasteiger partial charge in [-0.05, 0) is 68.6 Å². The highest BCUT2D eigenvalue weighted by molar-refractivity contribution is 5.87. The molecule has 19 heteroatoms. The van der Waals surface area contributed by atoms with Crippen molar-refractivity contribution in [3.63, 3.8) is 0 Å². The van der Waals surface area contributed by atoms with E-state index in [1.807, 2.05) is 49.5 Å². The number of fused-ring (bicyclic) bond motifs is 1. The normalized spacial score (nSPS) is 11.2. The van der Waals surface area contributed by atoms with Crippen LogP contribution in [0, 0.1) is 20.2 Å². The fourth-order valence-electron chi connectivity index (χ4n) is 5.62. The molecule has 6 N–H and O–H groups in total. The highest BCUT2D eigenvalue weighted by Gasteiger charge is 2.20. The summed E-state index contributed by atoms with van der Waals surface area (Å²) in [5, 5.41) is 35.3. The molecule has 0 aliphatic rings. The highest BCUT2D eigenvalue weighted by atomic mass is 16.6. The largest absolute Gasteiger partial charge is 0.381 e. The summed E-state index contributed by atoms with van der Waals surface area (Å²) in [6.45, 7) is 4.82. The number of nitrogens with two attached hydrogens (primary N) is 1. The summed E-state index contributed by atoms with van der Waals surface area (Å²) in [5.74, 6) is -0.766. The van der Waals surface area contributed by atoms with Gasteiger partial charge in [-0.1, -0.05) is 42.5 Å². The average Bonchev–Trinajstić information content (AvgIpc) is 3.22. The number of anilines is 1. The number of unbranched alkanes of at least 4 members (excludes halogenated alkanes) is 1. The molecular formula is C42H59N7O12. The molecule has 61 heavy (non-hydrogen) atoms. The van der Waals surface area contributed by atoms with Crippen LogP contribution in [0.1, 0.15) is 63.9 Å². The molecule has 0 saturated carbocycles. The second kappa shape index (κ2) is 30.2. The number of nitro benzene ring substituents is 2. The van der Waals surface area contributed by atoms with Crippen LogP contribution in [0.25, 0.3) is 10.8 Å². The minimum atomic E-state index is -0.728. The van der Waals surface area contributed by atoms with E-state index in [-0.39, 0.29) is 60.9 Å². The topological polar surface area (TPSA) is 273 Å². The number of rotatable bonds is 31. The fourth-order valence-corrected chi connectivity index (χ4v) is 5.62. The van der Waals surface area contributed by atoms with Crippen LogP contribution in [-0.4, -0.2) is 111 Å². The van der Waals surface area contributed by atoms with Crippen LogP contribution in [0.4, 0.5) is 17.1 Å². The van der Waals surface area contributed by atoms with Gasteiger partial charge in [-0.15, -0.1) is 0 Å². The van der Waals surface area contributed by atoms with E-state index in [0.717, 1.165) is 47.9 Å². The quantitative estimate of drug-likeness (QED) is 0.0349. The molecule has 0 spiro atoms. The van der Waals surface area contributed by atoms with Gasteiger partial charge in [0.05, 0.1) is 55.4 Å². The number of Topliss-reactive ketones (excluding diaryl/α,β-unsaturated/α-hetero) is 2. The van der Waals surface area contributed by atoms with Gasteiger partial charge in [0.1, 0.15) is 23.3 Å². The molecule has 1 unspecified atom stereocenters. The maximum absolute atomic E-state index is 12.1. The molecule has 0 heterocycles. The van der Waals surface area contributed by atoms with Crippen molar-refractivity contribution in [2.24, 2.45) is 5.73 Å². The number of carbonyl (C=O) groups excluding carboxylic acids is 5. The maximum Gasteiger partial charge on any atom is 0.299 e. The molecule has 0 aromatic heterocycles. The van der Waals surface area contributed by atoms with Gasteiger partial charge in [-0.2, -0.15) is 0 Å². The second-order valence-corrected chi connectivity index (χ2v) is 13.9. The highest BCUT2D eigenvalue weighted by Crippen LogP contribution is 2.28. The van der Waals surface area contributed by atoms with E-state index >= 15 is 0 Å². The van der Waals surface area contributed by atoms with Crippen molar-refractivity contribution in [3.8, 4) is 0 Å². The summed E-state index contributed by atoms with van der Waals surface area (Å²) in [6, 6.07) is 16.7. The standard InChI is InChI=1S/C24H31NO5.C18H28N6O7/c1-19(26)10-14-29-13-4-7-23(27)11-15-30-16-12-25-24(28)18-20-8-9-21-5-2-3-6-22(21)17-20;1-20-8-3-2-4-15(18(19)26)22-17(25)7-10-31-11-9-21-14-6-5-13(23(27)28)12-16(14)24(29)30/h2-3,5-6,8-9,17H,4,7,10-16,18H2,1H3,(H,25,28);5-6,12,15,20-21H,2-4,7-11H2,1H3,(H2,19,26)(H,22,25). The second-order valence-electron chi connectivity index (χ2n) is 13.9. The van der Waals surface area contributed by atoms with Gasteiger partial charge in [0.25, 0.3) is 11.4 Å². The van der Waals surface area contributed by atoms with Gasteiger partial charge in [0, 0.05) is 51.4 Å². The Kier molecular flexibility index (Phi) is 25.4. The van der Waals surface area contributed by atoms with Gasteiger partial charge in [-0.25, -0.2) is 0 Å². The van der Waals surface area contributed by atoms with Gasteiger partial charge in [-0.3, -0.25) is 44.2 Å². The van der Waals surface area contributed by atoms with E-state index < -0.39 is 27.5 Å². The molecule has 0 aliphatic heterocycles. The van der Waals surface area contributed by atoms with Crippen molar-refractivity contribution in [2.75, 3.05) is 71.6 Å². The Morgan fingerprint density at radius 1 is 0.705 bits per heavy atom. The third-order valence-electron chi connectivity index (χ3n) is 8.89. The molecule has 0 radical (unpaired) electrons. The van der Waals surface area contributed by atoms with Crippen molar-refractivity contribution in [1.29, 1.82) is 0 Å². The Hall–Kier alpha value is -5.89. The van der Waals surface area contributed by atoms with Crippen LogP contribution in [-0.2, 0) is 44.6 Å². The minimum Gasteiger partial charge on any atom is -0.381 e. The number of primary amides is 1. The zero-order valence-electron chi connectivity index (χ0n) is 34.9. The van der Waals surface area contributed by atoms with E-state index in [1.54, 1.807) is 0 Å². The summed E-state index contributed by atoms with van der Waals surface area (Å²) >= 11 is 0. The zero-order chi connectivity index (χ0) is 44.8. The van der Waals surface area contributed by atoms with Gasteiger partial charge >= 0.3 is 0 Å². The number of nitrogens with zero attached hydrogens (tertiary/aromatic N) is 2. The lowest BCUT2D eigenvalue weighted by molar-refractivity contribution is -0.393. The van der Waals surface area contributed by atoms with Crippen molar-refractivity contribution < 1.29 is 48.0 Å². The van der Waals surface area contributed by atoms with Crippen molar-refractivity contribution in [3.05, 3.63) is 86.5 Å². The Morgan fingerprint density at radius 3 is 2.08 bits per heavy atom. The number of hydrogen-bond donors (Lipinski definition) is 5. The SMILES string of the molecule is CC(=O)CCOCCCC(=O)CCOCCNC(=O)Cc1ccc2ccccc2c1.CNCCCCC(NC(=O)CCOCCNc1ccc([N+](=O)[O-])cc1[N+](=O)[O-])C(N)=O. The molecule has 1 atom stereocenters. The van der Waals surface area contributed by atoms with E-state index in [0.29, 0.717) is 71.5 Å². The lowest BCUT2D eigenvalue weighted by atomic mass is 10.1. The molecule has 19 nitrogen and oxygen atoms in total. The van der Waals surface area contributed by atoms with Gasteiger partial charge in [0.15, 0.2) is 0 Å². The molecule has 0 bridgehead atoms. The maximum atomic E-state index is 12.1. The molecule has 3 amide bonds. The van der Waals surface area contributed by atoms with Crippen LogP contribution in [0.5, 0.6) is 0 Å². The third-order valence-corrected chi connectivity index (χ3v) is 8.89. The van der Waals surface area contributed by atoms with Crippen LogP contribution < -0.4 is 27.0 Å². The first kappa shape index (κ1) is 51.3. The Balaban J connectivity index is 0.000000420. The third kappa shape index (κ3) is 22.9. The monoisotopic (exact) mass is 853 g/mol. The Morgan fingerprint density at radius 2 is 1.39 bits per heavy atom. The molecule has 334 valence electrons. The molecular weight excluding hydrogens is 794 g/mol. The molecule has 3 aromatic rings. The van der Waals surface area contributed by atoms with Crippen LogP contribution >= 0.6 is 0 Å². The zero-order valence-corrected chi connectivity index (χ0v) is 34.9. The van der Waals surface area contributed by atoms with Crippen LogP contribution in [0.3, 0.4) is 0 Å². The first-order valence-corrected chi connectivity index (χ1v) is 20.2. The Bertz CT molecular complexity index is 1880. The van der Waals surface area contributed by atoms with Crippen molar-refractivity contribution in [1.82, 2.24) is 16.0 Å². The summed E-state index contributed by atoms with van der Waals surface area (Å²) < 4.78 is 16.0. The predicted molar refractivity (Wildman–Crippen MR) is 229 cm³/mol. The number of nitrogens with one attached hydrogen (secondary N) is 4. The number of ether oxygens (including phenoxy) is 3. The number of amides is 3. The lowest BCUT2D eigenvalue weighted by Gasteiger charge is -2.15. The van der Waals surface area contributed by atoms with Gasteiger partial charge < -0.3 is 41.2 Å². The smallest absolute Gasteiger partial charge is 0.299 e. The average molecular weight is 854 g/mol. The predicted octanol–water partition coefficient (Wildman–Crippen LogP) is 3.93. The van der Waals surface area contributed by atoms with E-state index in [9.17, 15) is 44.2 Å². The van der Waals surface area contributed by atoms with Crippen molar-refractivity contribution in [2.45, 2.75) is 70.8 Å². The summed E-state index contributed by atoms with van der Waals surface area (Å²) in [6.07, 6.45) is 4.30. The summed E-state index contributed by atoms with van der Waals surface area (Å²) in [4.78, 5) is 78.4. The summed E-state index contributed by atoms with van der Waals surface area (Å²) in [5.41, 5.74) is 5.62. The van der Waals surface area contributed by atoms with Crippen LogP contribution in [0.2, 0.25) is 0 Å². The summed E-state index contributed by atoms with van der Waals surface area (Å²) in [7, 11) is 1.83. The molecule has 0 fully saturated rings. The molecule has 0 aliphatic carbocycles. The first-order chi connectivity index (χ1) is 29.3. The Labute approximate surface area is 355 Å². The minimum absolute atomic E-state index is 0.0258. The van der Waals surface area contributed by atoms with E-state index in [1.165, 1.54) is 13.0 Å². The van der Waals surface area contributed by atoms with Gasteiger partial charge in [0.2, 0.25) is 17.7 Å². The number of hydrogen-bond acceptors (Lipinski definition) is 14.